The number of aliphatic hydroxyl groups is 1. The maximum absolute atomic E-state index is 8.79. The predicted molar refractivity (Wildman–Crippen MR) is 49.7 cm³/mol. The van der Waals surface area contributed by atoms with Crippen molar-refractivity contribution in [2.24, 2.45) is 0 Å². The van der Waals surface area contributed by atoms with Gasteiger partial charge in [-0.25, -0.2) is 0 Å². The second kappa shape index (κ2) is 4.06. The third-order valence-corrected chi connectivity index (χ3v) is 2.70. The summed E-state index contributed by atoms with van der Waals surface area (Å²) in [5, 5.41) is 12.7. The summed E-state index contributed by atoms with van der Waals surface area (Å²) < 4.78 is 4.87. The van der Waals surface area contributed by atoms with Gasteiger partial charge in [0, 0.05) is 5.92 Å². The molecule has 1 aromatic rings. The number of nitrogens with zero attached hydrogens (tertiary/aromatic N) is 3. The molecule has 0 spiro atoms. The minimum Gasteiger partial charge on any atom is -0.387 e. The molecule has 0 atom stereocenters. The fourth-order valence-electron chi connectivity index (χ4n) is 1.76. The van der Waals surface area contributed by atoms with Gasteiger partial charge in [0.25, 0.3) is 5.89 Å². The second-order valence-electron chi connectivity index (χ2n) is 3.78. The van der Waals surface area contributed by atoms with Crippen LogP contribution in [0.15, 0.2) is 4.52 Å². The lowest BCUT2D eigenvalue weighted by Gasteiger charge is -2.26. The Balaban J connectivity index is 2.01. The van der Waals surface area contributed by atoms with Crippen LogP contribution < -0.4 is 0 Å². The summed E-state index contributed by atoms with van der Waals surface area (Å²) in [6.45, 7) is 1.99. The molecule has 1 saturated heterocycles. The third kappa shape index (κ3) is 1.93. The van der Waals surface area contributed by atoms with Crippen LogP contribution in [-0.2, 0) is 6.61 Å². The highest BCUT2D eigenvalue weighted by molar-refractivity contribution is 4.97. The van der Waals surface area contributed by atoms with Gasteiger partial charge in [0.15, 0.2) is 5.82 Å². The van der Waals surface area contributed by atoms with E-state index in [1.54, 1.807) is 0 Å². The highest BCUT2D eigenvalue weighted by atomic mass is 16.5. The van der Waals surface area contributed by atoms with Crippen molar-refractivity contribution in [2.45, 2.75) is 25.4 Å². The van der Waals surface area contributed by atoms with Crippen molar-refractivity contribution in [3.05, 3.63) is 11.7 Å². The van der Waals surface area contributed by atoms with Crippen molar-refractivity contribution in [2.75, 3.05) is 20.1 Å². The van der Waals surface area contributed by atoms with Crippen LogP contribution in [0.1, 0.15) is 30.5 Å². The van der Waals surface area contributed by atoms with Crippen LogP contribution in [0, 0.1) is 0 Å². The summed E-state index contributed by atoms with van der Waals surface area (Å²) in [4.78, 5) is 6.43. The molecule has 0 aromatic carbocycles. The summed E-state index contributed by atoms with van der Waals surface area (Å²) in [5.74, 6) is 1.47. The zero-order valence-electron chi connectivity index (χ0n) is 8.31. The lowest BCUT2D eigenvalue weighted by Crippen LogP contribution is -2.29. The monoisotopic (exact) mass is 197 g/mol. The molecule has 1 aliphatic rings. The number of hydrogen-bond acceptors (Lipinski definition) is 5. The number of aromatic nitrogens is 2. The third-order valence-electron chi connectivity index (χ3n) is 2.70. The lowest BCUT2D eigenvalue weighted by molar-refractivity contribution is 0.221. The molecule has 0 bridgehead atoms. The largest absolute Gasteiger partial charge is 0.387 e. The number of hydrogen-bond donors (Lipinski definition) is 1. The average molecular weight is 197 g/mol. The van der Waals surface area contributed by atoms with E-state index in [0.717, 1.165) is 31.8 Å². The summed E-state index contributed by atoms with van der Waals surface area (Å²) in [6.07, 6.45) is 2.14. The topological polar surface area (TPSA) is 62.4 Å². The van der Waals surface area contributed by atoms with Crippen molar-refractivity contribution >= 4 is 0 Å². The first-order valence-electron chi connectivity index (χ1n) is 4.91. The molecule has 0 unspecified atom stereocenters. The first-order chi connectivity index (χ1) is 6.79. The molecule has 2 heterocycles. The Morgan fingerprint density at radius 3 is 2.79 bits per heavy atom. The summed E-state index contributed by atoms with van der Waals surface area (Å²) in [5.41, 5.74) is 0. The Morgan fingerprint density at radius 2 is 2.21 bits per heavy atom. The van der Waals surface area contributed by atoms with E-state index in [1.165, 1.54) is 0 Å². The zero-order chi connectivity index (χ0) is 9.97. The van der Waals surface area contributed by atoms with E-state index in [0.29, 0.717) is 11.8 Å². The Bertz CT molecular complexity index is 292. The van der Waals surface area contributed by atoms with E-state index in [1.807, 2.05) is 0 Å². The van der Waals surface area contributed by atoms with Crippen LogP contribution in [0.3, 0.4) is 0 Å². The van der Waals surface area contributed by atoms with E-state index in [9.17, 15) is 0 Å². The average Bonchev–Trinajstić information content (AvgIpc) is 2.67. The molecule has 2 rings (SSSR count). The van der Waals surface area contributed by atoms with Gasteiger partial charge in [0.2, 0.25) is 0 Å². The van der Waals surface area contributed by atoms with Crippen LogP contribution in [0.2, 0.25) is 0 Å². The van der Waals surface area contributed by atoms with E-state index >= 15 is 0 Å². The fraction of sp³-hybridized carbons (Fsp3) is 0.778. The molecule has 0 saturated carbocycles. The SMILES string of the molecule is CN1CCC(c2noc(CO)n2)CC1. The van der Waals surface area contributed by atoms with Crippen molar-refractivity contribution < 1.29 is 9.63 Å². The molecular formula is C9H15N3O2. The molecule has 0 amide bonds. The van der Waals surface area contributed by atoms with Crippen LogP contribution in [-0.4, -0.2) is 40.3 Å². The maximum atomic E-state index is 8.79. The lowest BCUT2D eigenvalue weighted by atomic mass is 9.97. The minimum atomic E-state index is -0.167. The summed E-state index contributed by atoms with van der Waals surface area (Å²) in [7, 11) is 2.12. The van der Waals surface area contributed by atoms with Gasteiger partial charge in [-0.3, -0.25) is 0 Å². The molecule has 1 aromatic heterocycles. The molecule has 1 aliphatic heterocycles. The van der Waals surface area contributed by atoms with Gasteiger partial charge in [-0.2, -0.15) is 4.98 Å². The highest BCUT2D eigenvalue weighted by Gasteiger charge is 2.22. The van der Waals surface area contributed by atoms with Crippen LogP contribution in [0.4, 0.5) is 0 Å². The molecule has 1 fully saturated rings. The van der Waals surface area contributed by atoms with E-state index in [-0.39, 0.29) is 6.61 Å². The Hall–Kier alpha value is -0.940. The molecular weight excluding hydrogens is 182 g/mol. The van der Waals surface area contributed by atoms with Crippen molar-refractivity contribution in [1.82, 2.24) is 15.0 Å². The molecule has 14 heavy (non-hydrogen) atoms. The summed E-state index contributed by atoms with van der Waals surface area (Å²) in [6, 6.07) is 0. The first-order valence-corrected chi connectivity index (χ1v) is 4.91. The van der Waals surface area contributed by atoms with Gasteiger partial charge in [0.05, 0.1) is 0 Å². The van der Waals surface area contributed by atoms with Crippen molar-refractivity contribution in [3.8, 4) is 0 Å². The van der Waals surface area contributed by atoms with E-state index in [2.05, 4.69) is 22.1 Å². The van der Waals surface area contributed by atoms with Gasteiger partial charge in [-0.05, 0) is 33.0 Å². The molecule has 1 N–H and O–H groups in total. The Morgan fingerprint density at radius 1 is 1.50 bits per heavy atom. The van der Waals surface area contributed by atoms with Crippen molar-refractivity contribution in [3.63, 3.8) is 0 Å². The number of rotatable bonds is 2. The van der Waals surface area contributed by atoms with Crippen LogP contribution >= 0.6 is 0 Å². The predicted octanol–water partition coefficient (Wildman–Crippen LogP) is 0.371. The van der Waals surface area contributed by atoms with Gasteiger partial charge in [-0.15, -0.1) is 0 Å². The van der Waals surface area contributed by atoms with Gasteiger partial charge in [0.1, 0.15) is 6.61 Å². The normalized spacial score (nSPS) is 20.1. The molecule has 5 nitrogen and oxygen atoms in total. The maximum Gasteiger partial charge on any atom is 0.252 e. The number of likely N-dealkylation sites (tertiary alicyclic amines) is 1. The van der Waals surface area contributed by atoms with Gasteiger partial charge >= 0.3 is 0 Å². The smallest absolute Gasteiger partial charge is 0.252 e. The number of piperidine rings is 1. The van der Waals surface area contributed by atoms with Gasteiger partial charge in [-0.1, -0.05) is 5.16 Å². The van der Waals surface area contributed by atoms with E-state index < -0.39 is 0 Å². The molecule has 5 heteroatoms. The molecule has 78 valence electrons. The fourth-order valence-corrected chi connectivity index (χ4v) is 1.76. The van der Waals surface area contributed by atoms with E-state index in [4.69, 9.17) is 9.63 Å². The quantitative estimate of drug-likeness (QED) is 0.742. The van der Waals surface area contributed by atoms with Crippen molar-refractivity contribution in [1.29, 1.82) is 0 Å². The van der Waals surface area contributed by atoms with Crippen LogP contribution in [0.5, 0.6) is 0 Å². The summed E-state index contributed by atoms with van der Waals surface area (Å²) >= 11 is 0. The Labute approximate surface area is 82.7 Å². The first kappa shape index (κ1) is 9.61. The van der Waals surface area contributed by atoms with Crippen LogP contribution in [0.25, 0.3) is 0 Å². The molecule has 0 radical (unpaired) electrons. The molecule has 0 aliphatic carbocycles. The Kier molecular flexibility index (Phi) is 2.79. The highest BCUT2D eigenvalue weighted by Crippen LogP contribution is 2.24. The van der Waals surface area contributed by atoms with Gasteiger partial charge < -0.3 is 14.5 Å². The minimum absolute atomic E-state index is 0.167. The number of aliphatic hydroxyl groups excluding tert-OH is 1. The zero-order valence-corrected chi connectivity index (χ0v) is 8.31. The second-order valence-corrected chi connectivity index (χ2v) is 3.78. The standard InChI is InChI=1S/C9H15N3O2/c1-12-4-2-7(3-5-12)9-10-8(6-13)14-11-9/h7,13H,2-6H2,1H3.